The van der Waals surface area contributed by atoms with Crippen LogP contribution in [0, 0.1) is 5.92 Å². The van der Waals surface area contributed by atoms with E-state index in [1.54, 1.807) is 0 Å². The lowest BCUT2D eigenvalue weighted by Crippen LogP contribution is -2.32. The van der Waals surface area contributed by atoms with Gasteiger partial charge in [0.25, 0.3) is 0 Å². The van der Waals surface area contributed by atoms with Crippen LogP contribution in [0.2, 0.25) is 5.02 Å². The Hall–Kier alpha value is -0.530. The van der Waals surface area contributed by atoms with Crippen molar-refractivity contribution in [3.63, 3.8) is 0 Å². The van der Waals surface area contributed by atoms with Gasteiger partial charge in [0.2, 0.25) is 0 Å². The first-order valence-corrected chi connectivity index (χ1v) is 7.17. The second-order valence-electron chi connectivity index (χ2n) is 5.58. The molecule has 1 N–H and O–H groups in total. The molecule has 0 radical (unpaired) electrons. The maximum absolute atomic E-state index is 6.03. The molecule has 0 spiro atoms. The van der Waals surface area contributed by atoms with Gasteiger partial charge in [-0.3, -0.25) is 0 Å². The van der Waals surface area contributed by atoms with Gasteiger partial charge in [-0.15, -0.1) is 0 Å². The average molecular weight is 250 g/mol. The van der Waals surface area contributed by atoms with Crippen LogP contribution in [0.4, 0.5) is 0 Å². The van der Waals surface area contributed by atoms with E-state index in [1.165, 1.54) is 36.8 Å². The minimum absolute atomic E-state index is 0.648. The zero-order valence-corrected chi connectivity index (χ0v) is 11.1. The summed E-state index contributed by atoms with van der Waals surface area (Å²) < 4.78 is 0. The Labute approximate surface area is 109 Å². The zero-order valence-electron chi connectivity index (χ0n) is 10.4. The van der Waals surface area contributed by atoms with E-state index in [9.17, 15) is 0 Å². The summed E-state index contributed by atoms with van der Waals surface area (Å²) in [5.74, 6) is 0.951. The van der Waals surface area contributed by atoms with Gasteiger partial charge in [-0.25, -0.2) is 0 Å². The monoisotopic (exact) mass is 249 g/mol. The molecule has 1 aromatic rings. The van der Waals surface area contributed by atoms with E-state index in [-0.39, 0.29) is 0 Å². The SMILES string of the molecule is CCCC1CC1NC1Cc2ccc(Cl)cc2C1. The molecule has 0 aliphatic heterocycles. The third kappa shape index (κ3) is 2.51. The van der Waals surface area contributed by atoms with E-state index in [4.69, 9.17) is 11.6 Å². The molecular weight excluding hydrogens is 230 g/mol. The third-order valence-electron chi connectivity index (χ3n) is 4.13. The Kier molecular flexibility index (Phi) is 3.14. The van der Waals surface area contributed by atoms with E-state index < -0.39 is 0 Å². The summed E-state index contributed by atoms with van der Waals surface area (Å²) in [4.78, 5) is 0. The second-order valence-corrected chi connectivity index (χ2v) is 6.01. The van der Waals surface area contributed by atoms with Crippen LogP contribution in [0.3, 0.4) is 0 Å². The summed E-state index contributed by atoms with van der Waals surface area (Å²) in [7, 11) is 0. The Morgan fingerprint density at radius 2 is 2.12 bits per heavy atom. The predicted octanol–water partition coefficient (Wildman–Crippen LogP) is 3.59. The standard InChI is InChI=1S/C15H20ClN/c1-2-3-11-9-15(11)17-14-7-10-4-5-13(16)6-12(10)8-14/h4-6,11,14-15,17H,2-3,7-9H2,1H3. The normalized spacial score (nSPS) is 30.4. The summed E-state index contributed by atoms with van der Waals surface area (Å²) in [6, 6.07) is 7.78. The first-order chi connectivity index (χ1) is 8.26. The first kappa shape index (κ1) is 11.6. The fourth-order valence-corrected chi connectivity index (χ4v) is 3.34. The number of hydrogen-bond acceptors (Lipinski definition) is 1. The lowest BCUT2D eigenvalue weighted by molar-refractivity contribution is 0.501. The molecule has 1 fully saturated rings. The Balaban J connectivity index is 1.56. The van der Waals surface area contributed by atoms with Gasteiger partial charge >= 0.3 is 0 Å². The van der Waals surface area contributed by atoms with Crippen LogP contribution in [-0.2, 0) is 12.8 Å². The summed E-state index contributed by atoms with van der Waals surface area (Å²) in [6.45, 7) is 2.28. The van der Waals surface area contributed by atoms with Crippen molar-refractivity contribution in [1.82, 2.24) is 5.32 Å². The largest absolute Gasteiger partial charge is 0.310 e. The smallest absolute Gasteiger partial charge is 0.0408 e. The van der Waals surface area contributed by atoms with Gasteiger partial charge in [-0.05, 0) is 54.9 Å². The lowest BCUT2D eigenvalue weighted by atomic mass is 10.1. The number of halogens is 1. The van der Waals surface area contributed by atoms with Gasteiger partial charge in [-0.2, -0.15) is 0 Å². The molecule has 3 rings (SSSR count). The van der Waals surface area contributed by atoms with Gasteiger partial charge in [-0.1, -0.05) is 31.0 Å². The van der Waals surface area contributed by atoms with Crippen molar-refractivity contribution in [2.45, 2.75) is 51.1 Å². The summed E-state index contributed by atoms with van der Waals surface area (Å²) in [5, 5.41) is 4.69. The van der Waals surface area contributed by atoms with Crippen LogP contribution in [-0.4, -0.2) is 12.1 Å². The molecule has 0 amide bonds. The van der Waals surface area contributed by atoms with E-state index in [2.05, 4.69) is 24.4 Å². The van der Waals surface area contributed by atoms with Gasteiger partial charge in [0.1, 0.15) is 0 Å². The van der Waals surface area contributed by atoms with Crippen molar-refractivity contribution in [3.8, 4) is 0 Å². The average Bonchev–Trinajstić information content (AvgIpc) is 2.88. The lowest BCUT2D eigenvalue weighted by Gasteiger charge is -2.11. The molecule has 1 nitrogen and oxygen atoms in total. The van der Waals surface area contributed by atoms with Gasteiger partial charge in [0, 0.05) is 17.1 Å². The molecule has 92 valence electrons. The van der Waals surface area contributed by atoms with Crippen LogP contribution < -0.4 is 5.32 Å². The van der Waals surface area contributed by atoms with Crippen molar-refractivity contribution in [2.24, 2.45) is 5.92 Å². The Morgan fingerprint density at radius 3 is 2.94 bits per heavy atom. The third-order valence-corrected chi connectivity index (χ3v) is 4.37. The number of benzene rings is 1. The molecule has 2 aliphatic rings. The van der Waals surface area contributed by atoms with Crippen molar-refractivity contribution < 1.29 is 0 Å². The highest BCUT2D eigenvalue weighted by atomic mass is 35.5. The Morgan fingerprint density at radius 1 is 1.29 bits per heavy atom. The highest BCUT2D eigenvalue weighted by molar-refractivity contribution is 6.30. The quantitative estimate of drug-likeness (QED) is 0.860. The number of fused-ring (bicyclic) bond motifs is 1. The molecule has 17 heavy (non-hydrogen) atoms. The van der Waals surface area contributed by atoms with Gasteiger partial charge in [0.05, 0.1) is 0 Å². The molecule has 1 aromatic carbocycles. The molecule has 1 saturated carbocycles. The highest BCUT2D eigenvalue weighted by Gasteiger charge is 2.38. The topological polar surface area (TPSA) is 12.0 Å². The summed E-state index contributed by atoms with van der Waals surface area (Å²) in [6.07, 6.45) is 6.45. The van der Waals surface area contributed by atoms with Crippen molar-refractivity contribution in [1.29, 1.82) is 0 Å². The van der Waals surface area contributed by atoms with Crippen molar-refractivity contribution in [3.05, 3.63) is 34.3 Å². The number of rotatable bonds is 4. The van der Waals surface area contributed by atoms with E-state index in [1.807, 2.05) is 6.07 Å². The Bertz CT molecular complexity index is 415. The predicted molar refractivity (Wildman–Crippen MR) is 72.6 cm³/mol. The summed E-state index contributed by atoms with van der Waals surface area (Å²) >= 11 is 6.03. The molecule has 3 unspecified atom stereocenters. The highest BCUT2D eigenvalue weighted by Crippen LogP contribution is 2.36. The van der Waals surface area contributed by atoms with Crippen LogP contribution in [0.1, 0.15) is 37.3 Å². The van der Waals surface area contributed by atoms with Crippen LogP contribution >= 0.6 is 11.6 Å². The van der Waals surface area contributed by atoms with Crippen molar-refractivity contribution >= 4 is 11.6 Å². The molecular formula is C15H20ClN. The molecule has 2 heteroatoms. The van der Waals surface area contributed by atoms with Gasteiger partial charge in [0.15, 0.2) is 0 Å². The van der Waals surface area contributed by atoms with Crippen LogP contribution in [0.25, 0.3) is 0 Å². The fourth-order valence-electron chi connectivity index (χ4n) is 3.15. The number of nitrogens with one attached hydrogen (secondary N) is 1. The number of hydrogen-bond donors (Lipinski definition) is 1. The summed E-state index contributed by atoms with van der Waals surface area (Å²) in [5.41, 5.74) is 2.93. The van der Waals surface area contributed by atoms with E-state index in [0.29, 0.717) is 6.04 Å². The first-order valence-electron chi connectivity index (χ1n) is 6.79. The molecule has 0 heterocycles. The molecule has 0 saturated heterocycles. The second kappa shape index (κ2) is 4.62. The van der Waals surface area contributed by atoms with Crippen molar-refractivity contribution in [2.75, 3.05) is 0 Å². The minimum atomic E-state index is 0.648. The maximum Gasteiger partial charge on any atom is 0.0408 e. The van der Waals surface area contributed by atoms with Gasteiger partial charge < -0.3 is 5.32 Å². The molecule has 2 aliphatic carbocycles. The zero-order chi connectivity index (χ0) is 11.8. The van der Waals surface area contributed by atoms with E-state index >= 15 is 0 Å². The van der Waals surface area contributed by atoms with Crippen LogP contribution in [0.5, 0.6) is 0 Å². The minimum Gasteiger partial charge on any atom is -0.310 e. The molecule has 3 atom stereocenters. The maximum atomic E-state index is 6.03. The van der Waals surface area contributed by atoms with E-state index in [0.717, 1.165) is 23.4 Å². The molecule has 0 aromatic heterocycles. The molecule has 0 bridgehead atoms. The fraction of sp³-hybridized carbons (Fsp3) is 0.600. The van der Waals surface area contributed by atoms with Crippen LogP contribution in [0.15, 0.2) is 18.2 Å².